The third-order valence-corrected chi connectivity index (χ3v) is 4.94. The molecular weight excluding hydrogens is 409 g/mol. The van der Waals surface area contributed by atoms with Gasteiger partial charge in [-0.15, -0.1) is 0 Å². The van der Waals surface area contributed by atoms with Crippen LogP contribution in [0.4, 0.5) is 9.18 Å². The van der Waals surface area contributed by atoms with Crippen LogP contribution in [0.1, 0.15) is 30.9 Å². The molecule has 3 rings (SSSR count). The van der Waals surface area contributed by atoms with Gasteiger partial charge >= 0.3 is 6.03 Å². The zero-order valence-corrected chi connectivity index (χ0v) is 18.1. The summed E-state index contributed by atoms with van der Waals surface area (Å²) in [6, 6.07) is 14.6. The summed E-state index contributed by atoms with van der Waals surface area (Å²) in [7, 11) is 0. The van der Waals surface area contributed by atoms with Gasteiger partial charge in [-0.2, -0.15) is 5.10 Å². The predicted octanol–water partition coefficient (Wildman–Crippen LogP) is 3.34. The Labute approximate surface area is 187 Å². The fraction of sp³-hybridized carbons (Fsp3) is 0.292. The van der Waals surface area contributed by atoms with E-state index in [-0.39, 0.29) is 18.3 Å². The van der Waals surface area contributed by atoms with Crippen molar-refractivity contribution >= 4 is 11.9 Å². The molecule has 3 amide bonds. The Balaban J connectivity index is 1.44. The van der Waals surface area contributed by atoms with Gasteiger partial charge in [-0.3, -0.25) is 4.79 Å². The molecule has 32 heavy (non-hydrogen) atoms. The highest BCUT2D eigenvalue weighted by atomic mass is 19.1. The summed E-state index contributed by atoms with van der Waals surface area (Å²) in [6.45, 7) is 2.65. The average molecular weight is 438 g/mol. The first-order chi connectivity index (χ1) is 15.5. The average Bonchev–Trinajstić information content (AvgIpc) is 3.28. The second-order valence-electron chi connectivity index (χ2n) is 7.46. The Morgan fingerprint density at radius 2 is 1.78 bits per heavy atom. The lowest BCUT2D eigenvalue weighted by Crippen LogP contribution is -2.50. The number of nitrogens with zero attached hydrogens (tertiary/aromatic N) is 2. The van der Waals surface area contributed by atoms with Crippen LogP contribution in [0.25, 0.3) is 5.69 Å². The van der Waals surface area contributed by atoms with E-state index in [1.807, 2.05) is 43.5 Å². The van der Waals surface area contributed by atoms with Crippen LogP contribution in [-0.4, -0.2) is 34.3 Å². The van der Waals surface area contributed by atoms with Crippen LogP contribution < -0.4 is 16.0 Å². The normalized spacial score (nSPS) is 11.6. The first kappa shape index (κ1) is 23.0. The predicted molar refractivity (Wildman–Crippen MR) is 121 cm³/mol. The largest absolute Gasteiger partial charge is 0.354 e. The molecule has 3 aromatic rings. The number of hydrogen-bond acceptors (Lipinski definition) is 3. The molecule has 0 aliphatic carbocycles. The molecule has 0 saturated carbocycles. The maximum absolute atomic E-state index is 13.0. The van der Waals surface area contributed by atoms with Gasteiger partial charge in [0.25, 0.3) is 0 Å². The Kier molecular flexibility index (Phi) is 8.36. The van der Waals surface area contributed by atoms with Crippen molar-refractivity contribution in [3.05, 3.63) is 83.9 Å². The molecule has 168 valence electrons. The number of benzene rings is 2. The monoisotopic (exact) mass is 437 g/mol. The highest BCUT2D eigenvalue weighted by molar-refractivity contribution is 5.86. The van der Waals surface area contributed by atoms with Crippen molar-refractivity contribution in [1.82, 2.24) is 25.7 Å². The molecule has 1 atom stereocenters. The standard InChI is InChI=1S/C24H28FN5O2/c1-2-6-22(29-24(32)27-15-18-9-11-20(25)12-10-18)23(31)26-14-13-19-16-28-30(17-19)21-7-4-3-5-8-21/h3-5,7-12,16-17,22H,2,6,13-15H2,1H3,(H,26,31)(H2,27,29,32). The molecular formula is C24H28FN5O2. The lowest BCUT2D eigenvalue weighted by molar-refractivity contribution is -0.123. The minimum atomic E-state index is -0.625. The van der Waals surface area contributed by atoms with Crippen molar-refractivity contribution in [3.63, 3.8) is 0 Å². The maximum atomic E-state index is 13.0. The summed E-state index contributed by atoms with van der Waals surface area (Å²) in [5.41, 5.74) is 2.75. The molecule has 1 aromatic heterocycles. The molecule has 3 N–H and O–H groups in total. The van der Waals surface area contributed by atoms with E-state index in [0.717, 1.165) is 23.2 Å². The van der Waals surface area contributed by atoms with E-state index < -0.39 is 12.1 Å². The van der Waals surface area contributed by atoms with Crippen LogP contribution >= 0.6 is 0 Å². The van der Waals surface area contributed by atoms with Crippen LogP contribution in [0, 0.1) is 5.82 Å². The number of aromatic nitrogens is 2. The van der Waals surface area contributed by atoms with Gasteiger partial charge in [-0.1, -0.05) is 43.7 Å². The molecule has 0 aliphatic rings. The minimum Gasteiger partial charge on any atom is -0.354 e. The second kappa shape index (κ2) is 11.6. The quantitative estimate of drug-likeness (QED) is 0.455. The maximum Gasteiger partial charge on any atom is 0.315 e. The number of carbonyl (C=O) groups excluding carboxylic acids is 2. The molecule has 0 bridgehead atoms. The zero-order valence-electron chi connectivity index (χ0n) is 18.1. The van der Waals surface area contributed by atoms with Crippen molar-refractivity contribution < 1.29 is 14.0 Å². The molecule has 1 unspecified atom stereocenters. The van der Waals surface area contributed by atoms with Gasteiger partial charge in [0.2, 0.25) is 5.91 Å². The molecule has 0 spiro atoms. The van der Waals surface area contributed by atoms with E-state index in [1.165, 1.54) is 12.1 Å². The fourth-order valence-electron chi connectivity index (χ4n) is 3.22. The number of urea groups is 1. The van der Waals surface area contributed by atoms with E-state index in [0.29, 0.717) is 19.4 Å². The van der Waals surface area contributed by atoms with Crippen molar-refractivity contribution in [3.8, 4) is 5.69 Å². The third-order valence-electron chi connectivity index (χ3n) is 4.94. The van der Waals surface area contributed by atoms with Gasteiger partial charge in [0.15, 0.2) is 0 Å². The zero-order chi connectivity index (χ0) is 22.8. The van der Waals surface area contributed by atoms with E-state index >= 15 is 0 Å². The molecule has 0 fully saturated rings. The summed E-state index contributed by atoms with van der Waals surface area (Å²) in [4.78, 5) is 24.8. The molecule has 0 saturated heterocycles. The molecule has 8 heteroatoms. The molecule has 0 radical (unpaired) electrons. The van der Waals surface area contributed by atoms with E-state index in [4.69, 9.17) is 0 Å². The Morgan fingerprint density at radius 3 is 2.50 bits per heavy atom. The molecule has 7 nitrogen and oxygen atoms in total. The smallest absolute Gasteiger partial charge is 0.315 e. The summed E-state index contributed by atoms with van der Waals surface area (Å²) in [5, 5.41) is 12.7. The number of amides is 3. The lowest BCUT2D eigenvalue weighted by Gasteiger charge is -2.18. The van der Waals surface area contributed by atoms with Gasteiger partial charge in [0.05, 0.1) is 11.9 Å². The van der Waals surface area contributed by atoms with Gasteiger partial charge in [-0.25, -0.2) is 13.9 Å². The van der Waals surface area contributed by atoms with Gasteiger partial charge in [-0.05, 0) is 48.2 Å². The van der Waals surface area contributed by atoms with Crippen molar-refractivity contribution in [2.24, 2.45) is 0 Å². The van der Waals surface area contributed by atoms with Gasteiger partial charge in [0, 0.05) is 19.3 Å². The van der Waals surface area contributed by atoms with Crippen LogP contribution in [0.15, 0.2) is 67.0 Å². The van der Waals surface area contributed by atoms with Gasteiger partial charge in [0.1, 0.15) is 11.9 Å². The van der Waals surface area contributed by atoms with Crippen LogP contribution in [0.3, 0.4) is 0 Å². The number of carbonyl (C=O) groups is 2. The van der Waals surface area contributed by atoms with Crippen molar-refractivity contribution in [2.75, 3.05) is 6.54 Å². The lowest BCUT2D eigenvalue weighted by atomic mass is 10.1. The third kappa shape index (κ3) is 6.94. The Hall–Kier alpha value is -3.68. The topological polar surface area (TPSA) is 88.1 Å². The van der Waals surface area contributed by atoms with Crippen LogP contribution in [0.2, 0.25) is 0 Å². The summed E-state index contributed by atoms with van der Waals surface area (Å²) >= 11 is 0. The first-order valence-corrected chi connectivity index (χ1v) is 10.7. The number of rotatable bonds is 10. The Morgan fingerprint density at radius 1 is 1.03 bits per heavy atom. The fourth-order valence-corrected chi connectivity index (χ4v) is 3.22. The molecule has 0 aliphatic heterocycles. The Bertz CT molecular complexity index is 1000. The second-order valence-corrected chi connectivity index (χ2v) is 7.46. The molecule has 1 heterocycles. The highest BCUT2D eigenvalue weighted by Gasteiger charge is 2.19. The number of hydrogen-bond donors (Lipinski definition) is 3. The SMILES string of the molecule is CCCC(NC(=O)NCc1ccc(F)cc1)C(=O)NCCc1cnn(-c2ccccc2)c1. The number of halogens is 1. The highest BCUT2D eigenvalue weighted by Crippen LogP contribution is 2.08. The first-order valence-electron chi connectivity index (χ1n) is 10.7. The van der Waals surface area contributed by atoms with Crippen LogP contribution in [0.5, 0.6) is 0 Å². The van der Waals surface area contributed by atoms with E-state index in [9.17, 15) is 14.0 Å². The number of para-hydroxylation sites is 1. The van der Waals surface area contributed by atoms with Crippen molar-refractivity contribution in [2.45, 2.75) is 38.8 Å². The van der Waals surface area contributed by atoms with Crippen molar-refractivity contribution in [1.29, 1.82) is 0 Å². The van der Waals surface area contributed by atoms with Crippen LogP contribution in [-0.2, 0) is 17.8 Å². The van der Waals surface area contributed by atoms with E-state index in [1.54, 1.807) is 23.0 Å². The summed E-state index contributed by atoms with van der Waals surface area (Å²) < 4.78 is 14.8. The summed E-state index contributed by atoms with van der Waals surface area (Å²) in [6.07, 6.45) is 5.63. The number of nitrogens with one attached hydrogen (secondary N) is 3. The van der Waals surface area contributed by atoms with Gasteiger partial charge < -0.3 is 16.0 Å². The minimum absolute atomic E-state index is 0.223. The van der Waals surface area contributed by atoms with E-state index in [2.05, 4.69) is 21.0 Å². The molecule has 2 aromatic carbocycles. The summed E-state index contributed by atoms with van der Waals surface area (Å²) in [5.74, 6) is -0.551.